The van der Waals surface area contributed by atoms with E-state index in [1.165, 1.54) is 0 Å². The van der Waals surface area contributed by atoms with Gasteiger partial charge in [0.05, 0.1) is 20.8 Å². The summed E-state index contributed by atoms with van der Waals surface area (Å²) >= 11 is 1.68. The minimum Gasteiger partial charge on any atom is -0.480 e. The van der Waals surface area contributed by atoms with Crippen molar-refractivity contribution in [1.82, 2.24) is 14.5 Å². The highest BCUT2D eigenvalue weighted by Gasteiger charge is 2.35. The minimum absolute atomic E-state index is 0.153. The molecule has 7 nitrogen and oxygen atoms in total. The first-order valence-electron chi connectivity index (χ1n) is 10.6. The number of nitrogens with zero attached hydrogens (tertiary/aromatic N) is 3. The molecule has 0 amide bonds. The van der Waals surface area contributed by atoms with E-state index in [9.17, 15) is 19.8 Å². The SMILES string of the molecule is Cn1cc(C(C(=O)O)N2CCCC(c3nc4ccccc4s3)C2)c2cc(C(=O)O)ccc21. The summed E-state index contributed by atoms with van der Waals surface area (Å²) in [6, 6.07) is 12.1. The Hall–Kier alpha value is -3.23. The zero-order valence-electron chi connectivity index (χ0n) is 17.6. The summed E-state index contributed by atoms with van der Waals surface area (Å²) in [5, 5.41) is 21.4. The van der Waals surface area contributed by atoms with Gasteiger partial charge in [-0.15, -0.1) is 11.3 Å². The summed E-state index contributed by atoms with van der Waals surface area (Å²) in [5.41, 5.74) is 2.58. The Kier molecular flexibility index (Phi) is 5.19. The third-order valence-corrected chi connectivity index (χ3v) is 7.47. The standard InChI is InChI=1S/C24H23N3O4S/c1-26-13-17(16-11-14(23(28)29)8-9-19(16)26)21(24(30)31)27-10-4-5-15(12-27)22-25-18-6-2-3-7-20(18)32-22/h2-3,6-9,11,13,15,21H,4-5,10,12H2,1H3,(H,28,29)(H,30,31). The molecule has 1 saturated heterocycles. The molecule has 1 fully saturated rings. The Bertz CT molecular complexity index is 1310. The average Bonchev–Trinajstić information content (AvgIpc) is 3.35. The number of aryl methyl sites for hydroxylation is 1. The smallest absolute Gasteiger partial charge is 0.335 e. The molecular weight excluding hydrogens is 426 g/mol. The number of para-hydroxylation sites is 1. The third-order valence-electron chi connectivity index (χ3n) is 6.27. The number of aromatic carboxylic acids is 1. The zero-order valence-corrected chi connectivity index (χ0v) is 18.4. The topological polar surface area (TPSA) is 95.7 Å². The molecule has 0 saturated carbocycles. The van der Waals surface area contributed by atoms with Crippen LogP contribution in [0.3, 0.4) is 0 Å². The van der Waals surface area contributed by atoms with E-state index in [1.54, 1.807) is 29.5 Å². The van der Waals surface area contributed by atoms with Gasteiger partial charge in [0, 0.05) is 42.2 Å². The van der Waals surface area contributed by atoms with Gasteiger partial charge in [-0.2, -0.15) is 0 Å². The maximum Gasteiger partial charge on any atom is 0.335 e. The number of rotatable bonds is 5. The van der Waals surface area contributed by atoms with Crippen LogP contribution in [0.25, 0.3) is 21.1 Å². The number of carbonyl (C=O) groups is 2. The number of hydrogen-bond donors (Lipinski definition) is 2. The number of fused-ring (bicyclic) bond motifs is 2. The second kappa shape index (κ2) is 8.03. The number of piperidine rings is 1. The van der Waals surface area contributed by atoms with Crippen LogP contribution in [0.4, 0.5) is 0 Å². The van der Waals surface area contributed by atoms with E-state index >= 15 is 0 Å². The number of hydrogen-bond acceptors (Lipinski definition) is 5. The lowest BCUT2D eigenvalue weighted by Gasteiger charge is -2.35. The van der Waals surface area contributed by atoms with Gasteiger partial charge in [0.15, 0.2) is 0 Å². The molecule has 0 spiro atoms. The van der Waals surface area contributed by atoms with Gasteiger partial charge in [-0.3, -0.25) is 9.69 Å². The number of aliphatic carboxylic acids is 1. The second-order valence-corrected chi connectivity index (χ2v) is 9.39. The Morgan fingerprint density at radius 2 is 2.00 bits per heavy atom. The van der Waals surface area contributed by atoms with E-state index in [-0.39, 0.29) is 11.5 Å². The molecule has 164 valence electrons. The van der Waals surface area contributed by atoms with Gasteiger partial charge in [-0.1, -0.05) is 12.1 Å². The zero-order chi connectivity index (χ0) is 22.4. The third kappa shape index (κ3) is 3.55. The van der Waals surface area contributed by atoms with Crippen LogP contribution in [0.5, 0.6) is 0 Å². The monoisotopic (exact) mass is 449 g/mol. The van der Waals surface area contributed by atoms with E-state index in [0.717, 1.165) is 33.6 Å². The first-order chi connectivity index (χ1) is 15.4. The van der Waals surface area contributed by atoms with Gasteiger partial charge in [0.25, 0.3) is 0 Å². The molecule has 4 aromatic rings. The van der Waals surface area contributed by atoms with Crippen LogP contribution < -0.4 is 0 Å². The summed E-state index contributed by atoms with van der Waals surface area (Å²) < 4.78 is 3.01. The molecule has 5 rings (SSSR count). The largest absolute Gasteiger partial charge is 0.480 e. The quantitative estimate of drug-likeness (QED) is 0.466. The number of benzene rings is 2. The molecule has 3 heterocycles. The Morgan fingerprint density at radius 1 is 1.19 bits per heavy atom. The van der Waals surface area contributed by atoms with Crippen LogP contribution in [-0.2, 0) is 11.8 Å². The van der Waals surface area contributed by atoms with E-state index in [2.05, 4.69) is 6.07 Å². The summed E-state index contributed by atoms with van der Waals surface area (Å²) in [5.74, 6) is -1.78. The van der Waals surface area contributed by atoms with Crippen molar-refractivity contribution in [3.05, 3.63) is 64.8 Å². The molecule has 0 bridgehead atoms. The van der Waals surface area contributed by atoms with Gasteiger partial charge in [-0.25, -0.2) is 9.78 Å². The number of likely N-dealkylation sites (tertiary alicyclic amines) is 1. The lowest BCUT2D eigenvalue weighted by Crippen LogP contribution is -2.40. The highest BCUT2D eigenvalue weighted by atomic mass is 32.1. The number of aromatic nitrogens is 2. The lowest BCUT2D eigenvalue weighted by molar-refractivity contribution is -0.144. The maximum absolute atomic E-state index is 12.5. The van der Waals surface area contributed by atoms with Crippen LogP contribution >= 0.6 is 11.3 Å². The van der Waals surface area contributed by atoms with E-state index in [1.807, 2.05) is 40.9 Å². The van der Waals surface area contributed by atoms with Gasteiger partial charge < -0.3 is 14.8 Å². The molecule has 1 aliphatic rings. The van der Waals surface area contributed by atoms with Crippen molar-refractivity contribution in [1.29, 1.82) is 0 Å². The van der Waals surface area contributed by atoms with Crippen LogP contribution in [0, 0.1) is 0 Å². The Balaban J connectivity index is 1.52. The van der Waals surface area contributed by atoms with E-state index in [4.69, 9.17) is 4.98 Å². The van der Waals surface area contributed by atoms with Gasteiger partial charge >= 0.3 is 11.9 Å². The highest BCUT2D eigenvalue weighted by molar-refractivity contribution is 7.18. The molecule has 2 aromatic carbocycles. The molecule has 0 radical (unpaired) electrons. The second-order valence-electron chi connectivity index (χ2n) is 8.33. The van der Waals surface area contributed by atoms with Gasteiger partial charge in [0.1, 0.15) is 6.04 Å². The fourth-order valence-corrected chi connectivity index (χ4v) is 5.86. The highest BCUT2D eigenvalue weighted by Crippen LogP contribution is 2.38. The Labute approximate surface area is 188 Å². The molecule has 32 heavy (non-hydrogen) atoms. The first-order valence-corrected chi connectivity index (χ1v) is 11.4. The van der Waals surface area contributed by atoms with Crippen molar-refractivity contribution < 1.29 is 19.8 Å². The van der Waals surface area contributed by atoms with Crippen molar-refractivity contribution in [2.24, 2.45) is 7.05 Å². The normalized spacial score (nSPS) is 18.2. The van der Waals surface area contributed by atoms with Crippen LogP contribution in [0.1, 0.15) is 45.7 Å². The first kappa shape index (κ1) is 20.7. The number of thiazole rings is 1. The van der Waals surface area contributed by atoms with Crippen LogP contribution in [0.15, 0.2) is 48.7 Å². The molecule has 8 heteroatoms. The predicted octanol–water partition coefficient (Wildman–Crippen LogP) is 4.49. The fourth-order valence-electron chi connectivity index (χ4n) is 4.77. The van der Waals surface area contributed by atoms with E-state index in [0.29, 0.717) is 24.0 Å². The van der Waals surface area contributed by atoms with Crippen molar-refractivity contribution >= 4 is 44.4 Å². The summed E-state index contributed by atoms with van der Waals surface area (Å²) in [4.78, 5) is 30.8. The molecule has 2 N–H and O–H groups in total. The number of carboxylic acids is 2. The molecular formula is C24H23N3O4S. The molecule has 0 aliphatic carbocycles. The Morgan fingerprint density at radius 3 is 2.75 bits per heavy atom. The summed E-state index contributed by atoms with van der Waals surface area (Å²) in [6.45, 7) is 1.28. The maximum atomic E-state index is 12.5. The van der Waals surface area contributed by atoms with Crippen molar-refractivity contribution in [3.63, 3.8) is 0 Å². The van der Waals surface area contributed by atoms with Crippen molar-refractivity contribution in [2.45, 2.75) is 24.8 Å². The molecule has 1 aliphatic heterocycles. The van der Waals surface area contributed by atoms with Crippen molar-refractivity contribution in [2.75, 3.05) is 13.1 Å². The minimum atomic E-state index is -1.03. The number of carboxylic acid groups (broad SMARTS) is 2. The summed E-state index contributed by atoms with van der Waals surface area (Å²) in [7, 11) is 1.85. The lowest BCUT2D eigenvalue weighted by atomic mass is 9.94. The fraction of sp³-hybridized carbons (Fsp3) is 0.292. The van der Waals surface area contributed by atoms with E-state index < -0.39 is 18.0 Å². The molecule has 2 atom stereocenters. The molecule has 2 aromatic heterocycles. The summed E-state index contributed by atoms with van der Waals surface area (Å²) in [6.07, 6.45) is 3.67. The molecule has 2 unspecified atom stereocenters. The van der Waals surface area contributed by atoms with Crippen LogP contribution in [0.2, 0.25) is 0 Å². The van der Waals surface area contributed by atoms with Crippen molar-refractivity contribution in [3.8, 4) is 0 Å². The predicted molar refractivity (Wildman–Crippen MR) is 123 cm³/mol. The van der Waals surface area contributed by atoms with Crippen LogP contribution in [-0.4, -0.2) is 49.7 Å². The van der Waals surface area contributed by atoms with Gasteiger partial charge in [-0.05, 0) is 49.7 Å². The average molecular weight is 450 g/mol. The van der Waals surface area contributed by atoms with Gasteiger partial charge in [0.2, 0.25) is 0 Å².